The van der Waals surface area contributed by atoms with E-state index in [2.05, 4.69) is 12.2 Å². The molecule has 0 unspecified atom stereocenters. The van der Waals surface area contributed by atoms with E-state index < -0.39 is 0 Å². The van der Waals surface area contributed by atoms with Gasteiger partial charge in [-0.15, -0.1) is 0 Å². The molecule has 3 aliphatic carbocycles. The minimum Gasteiger partial charge on any atom is -0.278 e. The predicted octanol–water partition coefficient (Wildman–Crippen LogP) is 2.52. The summed E-state index contributed by atoms with van der Waals surface area (Å²) in [5.41, 5.74) is 1.03. The van der Waals surface area contributed by atoms with E-state index in [4.69, 9.17) is 0 Å². The number of hydrogen-bond donors (Lipinski definition) is 0. The molecule has 1 aliphatic heterocycles. The standard InChI is InChI=1S/C18H16FNO2/c19-11-3-1-10(2-4-11)9-20-16(21)14-12-5-6-13(15(14)17(20)22)18(12)7-8-18/h1-6,12-15H,7-9H2/t12-,13-,14-,15-/m0/s1. The molecule has 4 aliphatic rings. The fourth-order valence-electron chi connectivity index (χ4n) is 5.07. The number of rotatable bonds is 2. The van der Waals surface area contributed by atoms with E-state index in [1.54, 1.807) is 12.1 Å². The summed E-state index contributed by atoms with van der Waals surface area (Å²) in [5, 5.41) is 0. The second kappa shape index (κ2) is 3.86. The van der Waals surface area contributed by atoms with Gasteiger partial charge in [-0.2, -0.15) is 0 Å². The Morgan fingerprint density at radius 2 is 1.55 bits per heavy atom. The molecule has 1 saturated heterocycles. The molecule has 4 atom stereocenters. The van der Waals surface area contributed by atoms with Gasteiger partial charge >= 0.3 is 0 Å². The highest BCUT2D eigenvalue weighted by atomic mass is 19.1. The number of likely N-dealkylation sites (tertiary alicyclic amines) is 1. The molecule has 2 saturated carbocycles. The van der Waals surface area contributed by atoms with Crippen LogP contribution in [0.3, 0.4) is 0 Å². The number of carbonyl (C=O) groups is 2. The zero-order valence-corrected chi connectivity index (χ0v) is 12.0. The second-order valence-corrected chi connectivity index (χ2v) is 7.11. The fourth-order valence-corrected chi connectivity index (χ4v) is 5.07. The van der Waals surface area contributed by atoms with Crippen LogP contribution in [0, 0.1) is 34.9 Å². The van der Waals surface area contributed by atoms with Crippen molar-refractivity contribution in [3.8, 4) is 0 Å². The van der Waals surface area contributed by atoms with Crippen LogP contribution >= 0.6 is 0 Å². The van der Waals surface area contributed by atoms with Gasteiger partial charge in [-0.05, 0) is 47.8 Å². The number of fused-ring (bicyclic) bond motifs is 3. The molecule has 4 heteroatoms. The van der Waals surface area contributed by atoms with Gasteiger partial charge in [0.05, 0.1) is 18.4 Å². The Morgan fingerprint density at radius 3 is 2.05 bits per heavy atom. The van der Waals surface area contributed by atoms with E-state index in [0.29, 0.717) is 0 Å². The number of allylic oxidation sites excluding steroid dienone is 2. The summed E-state index contributed by atoms with van der Waals surface area (Å²) in [4.78, 5) is 26.9. The summed E-state index contributed by atoms with van der Waals surface area (Å²) >= 11 is 0. The normalized spacial score (nSPS) is 36.5. The molecular formula is C18H16FNO2. The van der Waals surface area contributed by atoms with Crippen molar-refractivity contribution in [1.29, 1.82) is 0 Å². The van der Waals surface area contributed by atoms with Gasteiger partial charge in [0, 0.05) is 0 Å². The molecule has 112 valence electrons. The van der Waals surface area contributed by atoms with Gasteiger partial charge in [-0.25, -0.2) is 4.39 Å². The lowest BCUT2D eigenvalue weighted by molar-refractivity contribution is -0.141. The lowest BCUT2D eigenvalue weighted by Crippen LogP contribution is -2.34. The third-order valence-electron chi connectivity index (χ3n) is 6.20. The van der Waals surface area contributed by atoms with Crippen LogP contribution in [0.5, 0.6) is 0 Å². The topological polar surface area (TPSA) is 37.4 Å². The SMILES string of the molecule is O=C1[C@@H]2[C@@H](C(=O)N1Cc1ccc(F)cc1)[C@@H]1C=C[C@@H]2C12CC2. The lowest BCUT2D eigenvalue weighted by Gasteiger charge is -2.21. The Kier molecular flexibility index (Phi) is 2.20. The highest BCUT2D eigenvalue weighted by molar-refractivity contribution is 6.06. The average molecular weight is 297 g/mol. The average Bonchev–Trinajstić information content (AvgIpc) is 3.12. The first-order chi connectivity index (χ1) is 10.6. The van der Waals surface area contributed by atoms with Crippen molar-refractivity contribution < 1.29 is 14.0 Å². The predicted molar refractivity (Wildman–Crippen MR) is 76.7 cm³/mol. The first kappa shape index (κ1) is 12.6. The number of nitrogens with zero attached hydrogens (tertiary/aromatic N) is 1. The van der Waals surface area contributed by atoms with Crippen LogP contribution in [0.2, 0.25) is 0 Å². The summed E-state index contributed by atoms with van der Waals surface area (Å²) in [5.74, 6) is -0.132. The summed E-state index contributed by atoms with van der Waals surface area (Å²) < 4.78 is 13.0. The molecule has 2 bridgehead atoms. The van der Waals surface area contributed by atoms with Crippen LogP contribution in [0.15, 0.2) is 36.4 Å². The zero-order valence-electron chi connectivity index (χ0n) is 12.0. The van der Waals surface area contributed by atoms with E-state index in [1.807, 2.05) is 0 Å². The van der Waals surface area contributed by atoms with Crippen LogP contribution < -0.4 is 0 Å². The number of benzene rings is 1. The first-order valence-electron chi connectivity index (χ1n) is 7.90. The Balaban J connectivity index is 1.45. The van der Waals surface area contributed by atoms with Gasteiger partial charge in [0.1, 0.15) is 5.82 Å². The molecule has 0 N–H and O–H groups in total. The molecule has 0 aromatic heterocycles. The van der Waals surface area contributed by atoms with Gasteiger partial charge in [0.15, 0.2) is 0 Å². The maximum Gasteiger partial charge on any atom is 0.234 e. The van der Waals surface area contributed by atoms with Crippen molar-refractivity contribution in [2.75, 3.05) is 0 Å². The first-order valence-corrected chi connectivity index (χ1v) is 7.90. The largest absolute Gasteiger partial charge is 0.278 e. The van der Waals surface area contributed by atoms with Crippen LogP contribution in [-0.4, -0.2) is 16.7 Å². The molecule has 22 heavy (non-hydrogen) atoms. The molecule has 5 rings (SSSR count). The van der Waals surface area contributed by atoms with Crippen LogP contribution in [0.1, 0.15) is 18.4 Å². The van der Waals surface area contributed by atoms with Gasteiger partial charge in [-0.3, -0.25) is 14.5 Å². The summed E-state index contributed by atoms with van der Waals surface area (Å²) in [6, 6.07) is 6.01. The number of carbonyl (C=O) groups excluding carboxylic acids is 2. The zero-order chi connectivity index (χ0) is 15.1. The Bertz CT molecular complexity index is 685. The Labute approximate surface area is 127 Å². The van der Waals surface area contributed by atoms with Crippen LogP contribution in [0.4, 0.5) is 4.39 Å². The molecule has 1 spiro atoms. The molecule has 2 amide bonds. The molecular weight excluding hydrogens is 281 g/mol. The van der Waals surface area contributed by atoms with E-state index in [-0.39, 0.29) is 53.3 Å². The Hall–Kier alpha value is -1.97. The van der Waals surface area contributed by atoms with Crippen LogP contribution in [-0.2, 0) is 16.1 Å². The molecule has 3 fully saturated rings. The van der Waals surface area contributed by atoms with Gasteiger partial charge in [0.2, 0.25) is 11.8 Å². The summed E-state index contributed by atoms with van der Waals surface area (Å²) in [6.45, 7) is 0.261. The number of imide groups is 1. The molecule has 1 aromatic carbocycles. The van der Waals surface area contributed by atoms with Crippen molar-refractivity contribution in [2.24, 2.45) is 29.1 Å². The maximum absolute atomic E-state index is 13.0. The highest BCUT2D eigenvalue weighted by Gasteiger charge is 2.73. The quantitative estimate of drug-likeness (QED) is 0.621. The summed E-state index contributed by atoms with van der Waals surface area (Å²) in [6.07, 6.45) is 6.65. The fraction of sp³-hybridized carbons (Fsp3) is 0.444. The van der Waals surface area contributed by atoms with Crippen LogP contribution in [0.25, 0.3) is 0 Å². The van der Waals surface area contributed by atoms with E-state index in [0.717, 1.165) is 18.4 Å². The van der Waals surface area contributed by atoms with Gasteiger partial charge in [0.25, 0.3) is 0 Å². The van der Waals surface area contributed by atoms with Crippen molar-refractivity contribution in [2.45, 2.75) is 19.4 Å². The van der Waals surface area contributed by atoms with Crippen molar-refractivity contribution in [1.82, 2.24) is 4.90 Å². The van der Waals surface area contributed by atoms with E-state index >= 15 is 0 Å². The van der Waals surface area contributed by atoms with Gasteiger partial charge in [-0.1, -0.05) is 24.3 Å². The van der Waals surface area contributed by atoms with Crippen molar-refractivity contribution in [3.63, 3.8) is 0 Å². The maximum atomic E-state index is 13.0. The smallest absolute Gasteiger partial charge is 0.234 e. The number of hydrogen-bond acceptors (Lipinski definition) is 2. The lowest BCUT2D eigenvalue weighted by atomic mass is 9.85. The molecule has 1 aromatic rings. The van der Waals surface area contributed by atoms with E-state index in [9.17, 15) is 14.0 Å². The van der Waals surface area contributed by atoms with Gasteiger partial charge < -0.3 is 0 Å². The third-order valence-corrected chi connectivity index (χ3v) is 6.20. The third kappa shape index (κ3) is 1.36. The Morgan fingerprint density at radius 1 is 1.00 bits per heavy atom. The monoisotopic (exact) mass is 297 g/mol. The van der Waals surface area contributed by atoms with E-state index in [1.165, 1.54) is 17.0 Å². The highest BCUT2D eigenvalue weighted by Crippen LogP contribution is 2.73. The minimum absolute atomic E-state index is 0.0255. The van der Waals surface area contributed by atoms with Crippen molar-refractivity contribution in [3.05, 3.63) is 47.8 Å². The number of halogens is 1. The van der Waals surface area contributed by atoms with Crippen molar-refractivity contribution >= 4 is 11.8 Å². The minimum atomic E-state index is -0.308. The second-order valence-electron chi connectivity index (χ2n) is 7.11. The molecule has 0 radical (unpaired) electrons. The summed E-state index contributed by atoms with van der Waals surface area (Å²) in [7, 11) is 0. The molecule has 3 nitrogen and oxygen atoms in total. The molecule has 1 heterocycles. The number of amides is 2.